The zero-order valence-electron chi connectivity index (χ0n) is 13.5. The van der Waals surface area contributed by atoms with E-state index in [2.05, 4.69) is 15.7 Å². The molecule has 0 saturated heterocycles. The van der Waals surface area contributed by atoms with Gasteiger partial charge in [-0.05, 0) is 17.7 Å². The van der Waals surface area contributed by atoms with Crippen molar-refractivity contribution < 1.29 is 14.0 Å². The van der Waals surface area contributed by atoms with Gasteiger partial charge in [-0.3, -0.25) is 9.59 Å². The van der Waals surface area contributed by atoms with E-state index in [-0.39, 0.29) is 30.5 Å². The minimum Gasteiger partial charge on any atom is -0.459 e. The zero-order valence-corrected chi connectivity index (χ0v) is 13.5. The molecule has 2 N–H and O–H groups in total. The summed E-state index contributed by atoms with van der Waals surface area (Å²) in [6.07, 6.45) is 3.22. The van der Waals surface area contributed by atoms with E-state index in [1.165, 1.54) is 6.26 Å². The molecule has 3 aromatic rings. The van der Waals surface area contributed by atoms with Gasteiger partial charge in [0, 0.05) is 19.0 Å². The third-order valence-electron chi connectivity index (χ3n) is 3.54. The fourth-order valence-corrected chi connectivity index (χ4v) is 2.31. The van der Waals surface area contributed by atoms with Crippen molar-refractivity contribution in [2.75, 3.05) is 11.9 Å². The minimum absolute atomic E-state index is 0.156. The summed E-state index contributed by atoms with van der Waals surface area (Å²) >= 11 is 0. The minimum atomic E-state index is -0.341. The van der Waals surface area contributed by atoms with Crippen molar-refractivity contribution in [1.82, 2.24) is 15.1 Å². The molecule has 0 bridgehead atoms. The Morgan fingerprint density at radius 2 is 1.92 bits per heavy atom. The van der Waals surface area contributed by atoms with Crippen LogP contribution in [0.3, 0.4) is 0 Å². The highest BCUT2D eigenvalue weighted by Crippen LogP contribution is 2.10. The molecule has 7 heteroatoms. The first kappa shape index (κ1) is 16.5. The average molecular weight is 338 g/mol. The summed E-state index contributed by atoms with van der Waals surface area (Å²) in [5.41, 5.74) is 1.09. The number of hydrogen-bond donors (Lipinski definition) is 2. The summed E-state index contributed by atoms with van der Waals surface area (Å²) in [6.45, 7) is 0.789. The number of nitrogens with one attached hydrogen (secondary N) is 2. The summed E-state index contributed by atoms with van der Waals surface area (Å²) in [5, 5.41) is 9.67. The maximum Gasteiger partial charge on any atom is 0.286 e. The van der Waals surface area contributed by atoms with Gasteiger partial charge in [0.1, 0.15) is 5.82 Å². The van der Waals surface area contributed by atoms with Gasteiger partial charge in [-0.2, -0.15) is 5.10 Å². The zero-order chi connectivity index (χ0) is 17.5. The number of carbonyl (C=O) groups excluding carboxylic acids is 2. The van der Waals surface area contributed by atoms with Crippen LogP contribution in [0, 0.1) is 0 Å². The molecule has 0 atom stereocenters. The van der Waals surface area contributed by atoms with Crippen LogP contribution < -0.4 is 10.6 Å². The lowest BCUT2D eigenvalue weighted by molar-refractivity contribution is -0.116. The second-order valence-corrected chi connectivity index (χ2v) is 5.39. The smallest absolute Gasteiger partial charge is 0.286 e. The lowest BCUT2D eigenvalue weighted by Gasteiger charge is -2.09. The molecule has 2 heterocycles. The summed E-state index contributed by atoms with van der Waals surface area (Å²) in [5.74, 6) is 0.300. The molecule has 0 unspecified atom stereocenters. The molecule has 2 aromatic heterocycles. The fraction of sp³-hybridized carbons (Fsp3) is 0.167. The molecule has 1 aromatic carbocycles. The summed E-state index contributed by atoms with van der Waals surface area (Å²) in [6, 6.07) is 14.8. The van der Waals surface area contributed by atoms with Gasteiger partial charge in [-0.1, -0.05) is 30.3 Å². The van der Waals surface area contributed by atoms with Gasteiger partial charge >= 0.3 is 0 Å². The maximum absolute atomic E-state index is 12.1. The summed E-state index contributed by atoms with van der Waals surface area (Å²) in [4.78, 5) is 23.8. The SMILES string of the molecule is O=C(CCNC(=O)c1ccco1)Nc1ccnn1Cc1ccccc1. The van der Waals surface area contributed by atoms with Crippen LogP contribution in [0.4, 0.5) is 5.82 Å². The van der Waals surface area contributed by atoms with Crippen LogP contribution in [0.1, 0.15) is 22.5 Å². The lowest BCUT2D eigenvalue weighted by atomic mass is 10.2. The van der Waals surface area contributed by atoms with Crippen LogP contribution in [-0.4, -0.2) is 28.1 Å². The molecule has 0 saturated carbocycles. The molecule has 0 aliphatic rings. The number of carbonyl (C=O) groups is 2. The van der Waals surface area contributed by atoms with Crippen LogP contribution >= 0.6 is 0 Å². The van der Waals surface area contributed by atoms with E-state index in [0.717, 1.165) is 5.56 Å². The second kappa shape index (κ2) is 7.96. The van der Waals surface area contributed by atoms with E-state index in [0.29, 0.717) is 12.4 Å². The molecule has 7 nitrogen and oxygen atoms in total. The molecule has 128 valence electrons. The number of benzene rings is 1. The number of rotatable bonds is 7. The maximum atomic E-state index is 12.1. The van der Waals surface area contributed by atoms with Crippen LogP contribution in [0.25, 0.3) is 0 Å². The largest absolute Gasteiger partial charge is 0.459 e. The van der Waals surface area contributed by atoms with Crippen LogP contribution in [-0.2, 0) is 11.3 Å². The quantitative estimate of drug-likeness (QED) is 0.692. The number of furan rings is 1. The molecule has 25 heavy (non-hydrogen) atoms. The van der Waals surface area contributed by atoms with Gasteiger partial charge in [-0.25, -0.2) is 4.68 Å². The number of amides is 2. The summed E-state index contributed by atoms with van der Waals surface area (Å²) < 4.78 is 6.70. The van der Waals surface area contributed by atoms with Crippen LogP contribution in [0.2, 0.25) is 0 Å². The van der Waals surface area contributed by atoms with Crippen LogP contribution in [0.15, 0.2) is 65.4 Å². The monoisotopic (exact) mass is 338 g/mol. The second-order valence-electron chi connectivity index (χ2n) is 5.39. The van der Waals surface area contributed by atoms with E-state index < -0.39 is 0 Å². The summed E-state index contributed by atoms with van der Waals surface area (Å²) in [7, 11) is 0. The first-order chi connectivity index (χ1) is 12.2. The fourth-order valence-electron chi connectivity index (χ4n) is 2.31. The Morgan fingerprint density at radius 1 is 1.08 bits per heavy atom. The Bertz CT molecular complexity index is 825. The van der Waals surface area contributed by atoms with Crippen LogP contribution in [0.5, 0.6) is 0 Å². The van der Waals surface area contributed by atoms with Gasteiger partial charge in [0.25, 0.3) is 5.91 Å². The third-order valence-corrected chi connectivity index (χ3v) is 3.54. The van der Waals surface area contributed by atoms with Crippen molar-refractivity contribution in [1.29, 1.82) is 0 Å². The molecule has 2 amide bonds. The molecule has 0 spiro atoms. The predicted molar refractivity (Wildman–Crippen MR) is 92.1 cm³/mol. The van der Waals surface area contributed by atoms with Crippen molar-refractivity contribution in [2.24, 2.45) is 0 Å². The van der Waals surface area contributed by atoms with Crippen molar-refractivity contribution in [3.63, 3.8) is 0 Å². The predicted octanol–water partition coefficient (Wildman–Crippen LogP) is 2.28. The first-order valence-corrected chi connectivity index (χ1v) is 7.89. The van der Waals surface area contributed by atoms with Gasteiger partial charge in [-0.15, -0.1) is 0 Å². The van der Waals surface area contributed by atoms with Crippen molar-refractivity contribution >= 4 is 17.6 Å². The molecule has 0 radical (unpaired) electrons. The molecular formula is C18H18N4O3. The van der Waals surface area contributed by atoms with Gasteiger partial charge in [0.05, 0.1) is 19.0 Å². The molecule has 0 aliphatic heterocycles. The lowest BCUT2D eigenvalue weighted by Crippen LogP contribution is -2.27. The Morgan fingerprint density at radius 3 is 2.68 bits per heavy atom. The van der Waals surface area contributed by atoms with Gasteiger partial charge in [0.15, 0.2) is 5.76 Å². The number of nitrogens with zero attached hydrogens (tertiary/aromatic N) is 2. The van der Waals surface area contributed by atoms with Gasteiger partial charge in [0.2, 0.25) is 5.91 Å². The number of anilines is 1. The topological polar surface area (TPSA) is 89.2 Å². The Labute approximate surface area is 144 Å². The highest BCUT2D eigenvalue weighted by atomic mass is 16.3. The molecule has 3 rings (SSSR count). The highest BCUT2D eigenvalue weighted by molar-refractivity contribution is 5.93. The normalized spacial score (nSPS) is 10.4. The van der Waals surface area contributed by atoms with E-state index in [9.17, 15) is 9.59 Å². The van der Waals surface area contributed by atoms with Crippen molar-refractivity contribution in [3.05, 3.63) is 72.3 Å². The first-order valence-electron chi connectivity index (χ1n) is 7.89. The standard InChI is InChI=1S/C18H18N4O3/c23-17(9-10-19-18(24)15-7-4-12-25-15)21-16-8-11-20-22(16)13-14-5-2-1-3-6-14/h1-8,11-12H,9-10,13H2,(H,19,24)(H,21,23). The molecule has 0 fully saturated rings. The van der Waals surface area contributed by atoms with E-state index in [1.807, 2.05) is 30.3 Å². The Kier molecular flexibility index (Phi) is 5.26. The third kappa shape index (κ3) is 4.57. The van der Waals surface area contributed by atoms with E-state index in [1.54, 1.807) is 29.1 Å². The van der Waals surface area contributed by atoms with Gasteiger partial charge < -0.3 is 15.1 Å². The molecular weight excluding hydrogens is 320 g/mol. The molecule has 0 aliphatic carbocycles. The highest BCUT2D eigenvalue weighted by Gasteiger charge is 2.10. The van der Waals surface area contributed by atoms with E-state index in [4.69, 9.17) is 4.42 Å². The Hall–Kier alpha value is -3.35. The number of hydrogen-bond acceptors (Lipinski definition) is 4. The van der Waals surface area contributed by atoms with Crippen molar-refractivity contribution in [3.8, 4) is 0 Å². The average Bonchev–Trinajstić information content (AvgIpc) is 3.28. The van der Waals surface area contributed by atoms with E-state index >= 15 is 0 Å². The number of aromatic nitrogens is 2. The Balaban J connectivity index is 1.48. The van der Waals surface area contributed by atoms with Crippen molar-refractivity contribution in [2.45, 2.75) is 13.0 Å².